The van der Waals surface area contributed by atoms with Gasteiger partial charge in [-0.25, -0.2) is 0 Å². The quantitative estimate of drug-likeness (QED) is 0.0440. The SMILES string of the molecule is COc1ccc2c(c1)C(=O)NC(c1ccc(OCCCCCCCCOc3c(OC)cc(C=Cc4cc(CO)c(CO)c(OC)c4)cc3OC)c(CO)c1)N2. The first-order chi connectivity index (χ1) is 26.8. The van der Waals surface area contributed by atoms with E-state index in [1.165, 1.54) is 7.11 Å². The lowest BCUT2D eigenvalue weighted by molar-refractivity contribution is 0.0935. The zero-order valence-electron chi connectivity index (χ0n) is 32.0. The molecule has 294 valence electrons. The van der Waals surface area contributed by atoms with E-state index in [1.807, 2.05) is 60.7 Å². The van der Waals surface area contributed by atoms with E-state index in [0.717, 1.165) is 55.2 Å². The number of hydrogen-bond donors (Lipinski definition) is 5. The van der Waals surface area contributed by atoms with E-state index in [2.05, 4.69) is 10.6 Å². The predicted octanol–water partition coefficient (Wildman–Crippen LogP) is 7.02. The van der Waals surface area contributed by atoms with E-state index in [-0.39, 0.29) is 25.7 Å². The summed E-state index contributed by atoms with van der Waals surface area (Å²) in [6, 6.07) is 18.3. The highest BCUT2D eigenvalue weighted by Crippen LogP contribution is 2.39. The average Bonchev–Trinajstić information content (AvgIpc) is 3.22. The van der Waals surface area contributed by atoms with Gasteiger partial charge in [-0.2, -0.15) is 0 Å². The number of fused-ring (bicyclic) bond motifs is 1. The molecular weight excluding hydrogens is 704 g/mol. The monoisotopic (exact) mass is 756 g/mol. The van der Waals surface area contributed by atoms with Crippen LogP contribution >= 0.6 is 0 Å². The van der Waals surface area contributed by atoms with Crippen LogP contribution in [0.2, 0.25) is 0 Å². The molecule has 5 rings (SSSR count). The maximum absolute atomic E-state index is 12.8. The smallest absolute Gasteiger partial charge is 0.255 e. The van der Waals surface area contributed by atoms with Crippen molar-refractivity contribution >= 4 is 23.7 Å². The number of hydrogen-bond acceptors (Lipinski definition) is 11. The lowest BCUT2D eigenvalue weighted by atomic mass is 10.0. The molecule has 0 bridgehead atoms. The van der Waals surface area contributed by atoms with Gasteiger partial charge in [0.05, 0.1) is 67.0 Å². The van der Waals surface area contributed by atoms with Gasteiger partial charge in [-0.15, -0.1) is 0 Å². The van der Waals surface area contributed by atoms with Crippen molar-refractivity contribution < 1.29 is 48.5 Å². The van der Waals surface area contributed by atoms with Crippen molar-refractivity contribution in [2.75, 3.05) is 47.0 Å². The highest BCUT2D eigenvalue weighted by molar-refractivity contribution is 6.02. The number of unbranched alkanes of at least 4 members (excludes halogenated alkanes) is 5. The third-order valence-corrected chi connectivity index (χ3v) is 9.50. The number of benzene rings is 4. The zero-order chi connectivity index (χ0) is 39.2. The number of aliphatic hydroxyl groups is 3. The first kappa shape index (κ1) is 40.7. The molecule has 1 unspecified atom stereocenters. The third kappa shape index (κ3) is 10.4. The molecule has 0 fully saturated rings. The molecule has 12 heteroatoms. The van der Waals surface area contributed by atoms with E-state index < -0.39 is 6.17 Å². The molecular formula is C43H52N2O10. The Bertz CT molecular complexity index is 1880. The van der Waals surface area contributed by atoms with E-state index in [4.69, 9.17) is 28.4 Å². The number of carbonyl (C=O) groups is 1. The molecule has 1 aliphatic heterocycles. The fraction of sp³-hybridized carbons (Fsp3) is 0.372. The fourth-order valence-corrected chi connectivity index (χ4v) is 6.50. The van der Waals surface area contributed by atoms with E-state index in [1.54, 1.807) is 33.5 Å². The van der Waals surface area contributed by atoms with Gasteiger partial charge in [-0.3, -0.25) is 4.79 Å². The third-order valence-electron chi connectivity index (χ3n) is 9.50. The molecule has 1 heterocycles. The summed E-state index contributed by atoms with van der Waals surface area (Å²) < 4.78 is 34.1. The Hall–Kier alpha value is -5.43. The summed E-state index contributed by atoms with van der Waals surface area (Å²) in [5.74, 6) is 3.24. The van der Waals surface area contributed by atoms with E-state index in [0.29, 0.717) is 75.7 Å². The molecule has 0 spiro atoms. The summed E-state index contributed by atoms with van der Waals surface area (Å²) in [5, 5.41) is 35.8. The van der Waals surface area contributed by atoms with Crippen molar-refractivity contribution in [1.29, 1.82) is 0 Å². The first-order valence-electron chi connectivity index (χ1n) is 18.5. The van der Waals surface area contributed by atoms with Crippen LogP contribution in [0.5, 0.6) is 34.5 Å². The summed E-state index contributed by atoms with van der Waals surface area (Å²) in [4.78, 5) is 12.8. The van der Waals surface area contributed by atoms with Crippen molar-refractivity contribution in [3.05, 3.63) is 99.6 Å². The van der Waals surface area contributed by atoms with Crippen LogP contribution in [0.4, 0.5) is 5.69 Å². The minimum absolute atomic E-state index is 0.177. The Morgan fingerprint density at radius 2 is 1.22 bits per heavy atom. The van der Waals surface area contributed by atoms with Gasteiger partial charge >= 0.3 is 0 Å². The van der Waals surface area contributed by atoms with Gasteiger partial charge in [0.1, 0.15) is 23.4 Å². The second-order valence-electron chi connectivity index (χ2n) is 13.1. The predicted molar refractivity (Wildman–Crippen MR) is 211 cm³/mol. The number of nitrogens with one attached hydrogen (secondary N) is 2. The molecule has 12 nitrogen and oxygen atoms in total. The number of methoxy groups -OCH3 is 4. The number of carbonyl (C=O) groups excluding carboxylic acids is 1. The van der Waals surface area contributed by atoms with Crippen LogP contribution in [0.1, 0.15) is 88.4 Å². The minimum atomic E-state index is -0.438. The number of rotatable bonds is 21. The van der Waals surface area contributed by atoms with Gasteiger partial charge in [0.25, 0.3) is 5.91 Å². The Morgan fingerprint density at radius 3 is 1.84 bits per heavy atom. The second kappa shape index (κ2) is 20.3. The summed E-state index contributed by atoms with van der Waals surface area (Å²) in [6.45, 7) is 0.451. The molecule has 4 aromatic carbocycles. The Labute approximate surface area is 322 Å². The van der Waals surface area contributed by atoms with Gasteiger partial charge in [0.15, 0.2) is 11.5 Å². The molecule has 1 atom stereocenters. The minimum Gasteiger partial charge on any atom is -0.497 e. The Kier molecular flexibility index (Phi) is 15.0. The highest BCUT2D eigenvalue weighted by atomic mass is 16.5. The molecule has 1 aliphatic rings. The van der Waals surface area contributed by atoms with Gasteiger partial charge in [0, 0.05) is 16.8 Å². The zero-order valence-corrected chi connectivity index (χ0v) is 32.0. The normalized spacial score (nSPS) is 13.5. The van der Waals surface area contributed by atoms with Crippen LogP contribution in [-0.2, 0) is 19.8 Å². The lowest BCUT2D eigenvalue weighted by Gasteiger charge is -2.29. The van der Waals surface area contributed by atoms with Crippen LogP contribution < -0.4 is 39.1 Å². The summed E-state index contributed by atoms with van der Waals surface area (Å²) in [6.07, 6.45) is 9.30. The van der Waals surface area contributed by atoms with E-state index >= 15 is 0 Å². The number of ether oxygens (including phenoxy) is 6. The van der Waals surface area contributed by atoms with Crippen molar-refractivity contribution in [2.24, 2.45) is 0 Å². The van der Waals surface area contributed by atoms with E-state index in [9.17, 15) is 20.1 Å². The molecule has 0 saturated carbocycles. The van der Waals surface area contributed by atoms with Gasteiger partial charge in [-0.05, 0) is 89.7 Å². The summed E-state index contributed by atoms with van der Waals surface area (Å²) in [5.41, 5.74) is 5.53. The molecule has 0 aromatic heterocycles. The first-order valence-corrected chi connectivity index (χ1v) is 18.5. The lowest BCUT2D eigenvalue weighted by Crippen LogP contribution is -2.38. The Balaban J connectivity index is 1.03. The molecule has 5 N–H and O–H groups in total. The molecule has 0 saturated heterocycles. The van der Waals surface area contributed by atoms with Crippen LogP contribution in [0.25, 0.3) is 12.2 Å². The van der Waals surface area contributed by atoms with Crippen molar-refractivity contribution in [2.45, 2.75) is 64.5 Å². The molecule has 1 amide bonds. The van der Waals surface area contributed by atoms with Crippen molar-refractivity contribution in [1.82, 2.24) is 5.32 Å². The van der Waals surface area contributed by atoms with Crippen LogP contribution in [-0.4, -0.2) is 62.9 Å². The van der Waals surface area contributed by atoms with Gasteiger partial charge in [0.2, 0.25) is 5.75 Å². The summed E-state index contributed by atoms with van der Waals surface area (Å²) in [7, 11) is 6.29. The van der Waals surface area contributed by atoms with Crippen molar-refractivity contribution in [3.8, 4) is 34.5 Å². The molecule has 0 radical (unpaired) electrons. The number of aliphatic hydroxyl groups excluding tert-OH is 3. The molecule has 4 aromatic rings. The van der Waals surface area contributed by atoms with Gasteiger partial charge in [-0.1, -0.05) is 43.9 Å². The maximum Gasteiger partial charge on any atom is 0.255 e. The van der Waals surface area contributed by atoms with Crippen LogP contribution in [0, 0.1) is 0 Å². The molecule has 0 aliphatic carbocycles. The largest absolute Gasteiger partial charge is 0.497 e. The standard InChI is InChI=1S/C43H52N2O10/c1-50-33-14-15-36-34(24-33)43(49)45-42(44-36)30-13-16-37(32(23-30)26-47)54-17-9-7-5-6-8-10-18-55-41-39(52-3)21-29(22-40(41)53-4)12-11-28-19-31(25-46)35(27-48)38(20-28)51-2/h11-16,19-24,42,44,46-48H,5-10,17-18,25-27H2,1-4H3,(H,45,49). The average molecular weight is 757 g/mol. The van der Waals surface area contributed by atoms with Crippen molar-refractivity contribution in [3.63, 3.8) is 0 Å². The summed E-state index contributed by atoms with van der Waals surface area (Å²) >= 11 is 0. The second-order valence-corrected chi connectivity index (χ2v) is 13.1. The van der Waals surface area contributed by atoms with Crippen LogP contribution in [0.3, 0.4) is 0 Å². The number of amides is 1. The fourth-order valence-electron chi connectivity index (χ4n) is 6.50. The highest BCUT2D eigenvalue weighted by Gasteiger charge is 2.26. The number of anilines is 1. The van der Waals surface area contributed by atoms with Crippen LogP contribution in [0.15, 0.2) is 60.7 Å². The maximum atomic E-state index is 12.8. The van der Waals surface area contributed by atoms with Gasteiger partial charge < -0.3 is 54.4 Å². The molecule has 55 heavy (non-hydrogen) atoms. The Morgan fingerprint density at radius 1 is 0.600 bits per heavy atom. The topological polar surface area (TPSA) is 157 Å².